The molecule has 0 bridgehead atoms. The highest BCUT2D eigenvalue weighted by Crippen LogP contribution is 2.42. The van der Waals surface area contributed by atoms with Crippen LogP contribution in [0.1, 0.15) is 57.1 Å². The Morgan fingerprint density at radius 1 is 1.14 bits per heavy atom. The summed E-state index contributed by atoms with van der Waals surface area (Å²) in [4.78, 5) is 2.22. The number of hydrogen-bond donors (Lipinski definition) is 1. The largest absolute Gasteiger partial charge is 0.494 e. The van der Waals surface area contributed by atoms with Crippen LogP contribution in [0.4, 0.5) is 0 Å². The van der Waals surface area contributed by atoms with Gasteiger partial charge in [-0.25, -0.2) is 0 Å². The van der Waals surface area contributed by atoms with E-state index in [1.165, 1.54) is 19.3 Å². The lowest BCUT2D eigenvalue weighted by Crippen LogP contribution is -2.50. The van der Waals surface area contributed by atoms with E-state index in [4.69, 9.17) is 4.74 Å². The summed E-state index contributed by atoms with van der Waals surface area (Å²) in [7, 11) is 4.18. The molecule has 0 radical (unpaired) electrons. The fraction of sp³-hybridized carbons (Fsp3) is 0.667. The van der Waals surface area contributed by atoms with Gasteiger partial charge in [0.15, 0.2) is 0 Å². The maximum atomic E-state index is 11.0. The SMILES string of the molecule is CCCOc1ccc(C(O)C2(N(C)C)CCCCC2)cc1. The zero-order chi connectivity index (χ0) is 15.3. The topological polar surface area (TPSA) is 32.7 Å². The predicted octanol–water partition coefficient (Wildman–Crippen LogP) is 3.77. The van der Waals surface area contributed by atoms with Crippen molar-refractivity contribution in [3.05, 3.63) is 29.8 Å². The second kappa shape index (κ2) is 7.28. The number of nitrogens with zero attached hydrogens (tertiary/aromatic N) is 1. The van der Waals surface area contributed by atoms with Crippen molar-refractivity contribution in [2.75, 3.05) is 20.7 Å². The summed E-state index contributed by atoms with van der Waals surface area (Å²) in [5, 5.41) is 11.0. The molecule has 1 aromatic rings. The molecule has 0 spiro atoms. The fourth-order valence-electron chi connectivity index (χ4n) is 3.41. The second-order valence-corrected chi connectivity index (χ2v) is 6.38. The highest BCUT2D eigenvalue weighted by Gasteiger charge is 2.41. The van der Waals surface area contributed by atoms with Gasteiger partial charge in [0.05, 0.1) is 18.2 Å². The Morgan fingerprint density at radius 3 is 2.29 bits per heavy atom. The zero-order valence-corrected chi connectivity index (χ0v) is 13.6. The Balaban J connectivity index is 2.15. The first-order valence-corrected chi connectivity index (χ1v) is 8.18. The summed E-state index contributed by atoms with van der Waals surface area (Å²) >= 11 is 0. The summed E-state index contributed by atoms with van der Waals surface area (Å²) in [6.07, 6.45) is 6.39. The number of hydrogen-bond acceptors (Lipinski definition) is 3. The molecule has 1 aliphatic rings. The maximum Gasteiger partial charge on any atom is 0.119 e. The average Bonchev–Trinajstić information content (AvgIpc) is 2.53. The molecule has 1 aliphatic carbocycles. The van der Waals surface area contributed by atoms with Gasteiger partial charge in [0.2, 0.25) is 0 Å². The zero-order valence-electron chi connectivity index (χ0n) is 13.6. The van der Waals surface area contributed by atoms with Crippen LogP contribution in [0, 0.1) is 0 Å². The van der Waals surface area contributed by atoms with E-state index in [0.717, 1.165) is 37.2 Å². The first-order valence-electron chi connectivity index (χ1n) is 8.18. The van der Waals surface area contributed by atoms with Gasteiger partial charge in [0.25, 0.3) is 0 Å². The highest BCUT2D eigenvalue weighted by atomic mass is 16.5. The van der Waals surface area contributed by atoms with E-state index >= 15 is 0 Å². The van der Waals surface area contributed by atoms with Crippen LogP contribution in [0.25, 0.3) is 0 Å². The van der Waals surface area contributed by atoms with Crippen molar-refractivity contribution in [1.82, 2.24) is 4.90 Å². The number of ether oxygens (including phenoxy) is 1. The van der Waals surface area contributed by atoms with Crippen LogP contribution in [0.5, 0.6) is 5.75 Å². The van der Waals surface area contributed by atoms with Crippen molar-refractivity contribution in [1.29, 1.82) is 0 Å². The number of benzene rings is 1. The predicted molar refractivity (Wildman–Crippen MR) is 86.7 cm³/mol. The van der Waals surface area contributed by atoms with Crippen LogP contribution in [0.2, 0.25) is 0 Å². The molecule has 118 valence electrons. The van der Waals surface area contributed by atoms with Crippen molar-refractivity contribution < 1.29 is 9.84 Å². The Bertz CT molecular complexity index is 421. The van der Waals surface area contributed by atoms with Crippen molar-refractivity contribution in [2.45, 2.75) is 57.1 Å². The molecule has 0 amide bonds. The smallest absolute Gasteiger partial charge is 0.119 e. The third-order valence-corrected chi connectivity index (χ3v) is 4.79. The van der Waals surface area contributed by atoms with Crippen LogP contribution in [-0.2, 0) is 0 Å². The molecule has 3 nitrogen and oxygen atoms in total. The van der Waals surface area contributed by atoms with Gasteiger partial charge in [0.1, 0.15) is 5.75 Å². The monoisotopic (exact) mass is 291 g/mol. The van der Waals surface area contributed by atoms with E-state index in [2.05, 4.69) is 25.9 Å². The van der Waals surface area contributed by atoms with E-state index < -0.39 is 6.10 Å². The molecule has 0 saturated heterocycles. The van der Waals surface area contributed by atoms with E-state index in [1.54, 1.807) is 0 Å². The van der Waals surface area contributed by atoms with Crippen molar-refractivity contribution in [3.8, 4) is 5.75 Å². The summed E-state index contributed by atoms with van der Waals surface area (Å²) in [5.74, 6) is 0.885. The molecule has 1 aromatic carbocycles. The molecule has 1 saturated carbocycles. The summed E-state index contributed by atoms with van der Waals surface area (Å²) < 4.78 is 5.62. The lowest BCUT2D eigenvalue weighted by molar-refractivity contribution is -0.0336. The average molecular weight is 291 g/mol. The van der Waals surface area contributed by atoms with E-state index in [1.807, 2.05) is 24.3 Å². The molecule has 0 aliphatic heterocycles. The third-order valence-electron chi connectivity index (χ3n) is 4.79. The first kappa shape index (κ1) is 16.3. The van der Waals surface area contributed by atoms with Crippen LogP contribution < -0.4 is 4.74 Å². The molecule has 0 heterocycles. The molecule has 1 unspecified atom stereocenters. The molecule has 1 N–H and O–H groups in total. The molecule has 0 aromatic heterocycles. The number of rotatable bonds is 6. The van der Waals surface area contributed by atoms with Crippen molar-refractivity contribution >= 4 is 0 Å². The molecular weight excluding hydrogens is 262 g/mol. The molecular formula is C18H29NO2. The Kier molecular flexibility index (Phi) is 5.65. The van der Waals surface area contributed by atoms with Crippen molar-refractivity contribution in [2.24, 2.45) is 0 Å². The summed E-state index contributed by atoms with van der Waals surface area (Å²) in [5.41, 5.74) is 0.874. The van der Waals surface area contributed by atoms with Gasteiger partial charge in [0, 0.05) is 0 Å². The normalized spacial score (nSPS) is 19.5. The van der Waals surface area contributed by atoms with E-state index in [9.17, 15) is 5.11 Å². The van der Waals surface area contributed by atoms with E-state index in [-0.39, 0.29) is 5.54 Å². The van der Waals surface area contributed by atoms with Gasteiger partial charge in [-0.05, 0) is 51.1 Å². The lowest BCUT2D eigenvalue weighted by atomic mass is 9.74. The fourth-order valence-corrected chi connectivity index (χ4v) is 3.41. The summed E-state index contributed by atoms with van der Waals surface area (Å²) in [6, 6.07) is 7.96. The second-order valence-electron chi connectivity index (χ2n) is 6.38. The third kappa shape index (κ3) is 3.58. The Labute approximate surface area is 128 Å². The van der Waals surface area contributed by atoms with Crippen molar-refractivity contribution in [3.63, 3.8) is 0 Å². The standard InChI is InChI=1S/C18H29NO2/c1-4-14-21-16-10-8-15(9-11-16)17(20)18(19(2)3)12-6-5-7-13-18/h8-11,17,20H,4-7,12-14H2,1-3H3. The van der Waals surface area contributed by atoms with Gasteiger partial charge >= 0.3 is 0 Å². The Hall–Kier alpha value is -1.06. The quantitative estimate of drug-likeness (QED) is 0.866. The molecule has 1 fully saturated rings. The molecule has 2 rings (SSSR count). The minimum Gasteiger partial charge on any atom is -0.494 e. The Morgan fingerprint density at radius 2 is 1.76 bits per heavy atom. The number of aliphatic hydroxyl groups excluding tert-OH is 1. The van der Waals surface area contributed by atoms with Gasteiger partial charge in [-0.1, -0.05) is 38.3 Å². The van der Waals surface area contributed by atoms with E-state index in [0.29, 0.717) is 0 Å². The van der Waals surface area contributed by atoms with Gasteiger partial charge < -0.3 is 14.7 Å². The molecule has 21 heavy (non-hydrogen) atoms. The van der Waals surface area contributed by atoms with Gasteiger partial charge in [-0.3, -0.25) is 0 Å². The minimum atomic E-state index is -0.437. The van der Waals surface area contributed by atoms with Crippen LogP contribution in [0.3, 0.4) is 0 Å². The van der Waals surface area contributed by atoms with Gasteiger partial charge in [-0.2, -0.15) is 0 Å². The summed E-state index contributed by atoms with van der Waals surface area (Å²) in [6.45, 7) is 2.84. The minimum absolute atomic E-state index is 0.121. The lowest BCUT2D eigenvalue weighted by Gasteiger charge is -2.46. The molecule has 3 heteroatoms. The molecule has 1 atom stereocenters. The first-order chi connectivity index (χ1) is 10.1. The number of likely N-dealkylation sites (N-methyl/N-ethyl adjacent to an activating group) is 1. The van der Waals surface area contributed by atoms with Crippen LogP contribution in [-0.4, -0.2) is 36.2 Å². The highest BCUT2D eigenvalue weighted by molar-refractivity contribution is 5.30. The van der Waals surface area contributed by atoms with Crippen LogP contribution in [0.15, 0.2) is 24.3 Å². The maximum absolute atomic E-state index is 11.0. The number of aliphatic hydroxyl groups is 1. The van der Waals surface area contributed by atoms with Crippen LogP contribution >= 0.6 is 0 Å². The van der Waals surface area contributed by atoms with Gasteiger partial charge in [-0.15, -0.1) is 0 Å².